The molecule has 4 N–H and O–H groups in total. The number of hydrogen-bond donors (Lipinski definition) is 4. The summed E-state index contributed by atoms with van der Waals surface area (Å²) in [6.45, 7) is 0.447. The van der Waals surface area contributed by atoms with E-state index in [1.807, 2.05) is 13.1 Å². The Labute approximate surface area is 299 Å². The molecule has 2 aliphatic heterocycles. The van der Waals surface area contributed by atoms with E-state index in [9.17, 15) is 39.6 Å². The van der Waals surface area contributed by atoms with E-state index in [0.29, 0.717) is 24.2 Å². The summed E-state index contributed by atoms with van der Waals surface area (Å²) in [4.78, 5) is 54.0. The van der Waals surface area contributed by atoms with E-state index in [2.05, 4.69) is 4.90 Å². The van der Waals surface area contributed by atoms with Gasteiger partial charge in [0.15, 0.2) is 12.2 Å². The Morgan fingerprint density at radius 1 is 0.942 bits per heavy atom. The molecular weight excluding hydrogens is 674 g/mol. The molecule has 7 atom stereocenters. The largest absolute Gasteiger partial charge is 0.481 e. The lowest BCUT2D eigenvalue weighted by Gasteiger charge is -2.56. The minimum atomic E-state index is -2.07. The molecule has 1 saturated heterocycles. The molecule has 4 aliphatic rings. The first-order valence-electron chi connectivity index (χ1n) is 17.2. The number of ether oxygens (including phenoxy) is 4. The zero-order valence-corrected chi connectivity index (χ0v) is 28.3. The van der Waals surface area contributed by atoms with Crippen LogP contribution in [0.5, 0.6) is 5.75 Å². The lowest BCUT2D eigenvalue weighted by Crippen LogP contribution is -2.69. The average Bonchev–Trinajstić information content (AvgIpc) is 3.48. The predicted octanol–water partition coefficient (Wildman–Crippen LogP) is 2.79. The first-order chi connectivity index (χ1) is 25.0. The summed E-state index contributed by atoms with van der Waals surface area (Å²) in [5.74, 6) is -4.40. The van der Waals surface area contributed by atoms with Crippen LogP contribution in [0, 0.1) is 0 Å². The van der Waals surface area contributed by atoms with Crippen LogP contribution in [0.15, 0.2) is 84.6 Å². The summed E-state index contributed by atoms with van der Waals surface area (Å²) in [6, 6.07) is 19.0. The van der Waals surface area contributed by atoms with Crippen LogP contribution in [-0.4, -0.2) is 86.6 Å². The van der Waals surface area contributed by atoms with Gasteiger partial charge in [0.2, 0.25) is 12.2 Å². The lowest BCUT2D eigenvalue weighted by molar-refractivity contribution is -0.182. The highest BCUT2D eigenvalue weighted by Gasteiger charge is 2.70. The van der Waals surface area contributed by atoms with Gasteiger partial charge in [0.1, 0.15) is 11.5 Å². The average molecular weight is 714 g/mol. The minimum absolute atomic E-state index is 0.123. The third kappa shape index (κ3) is 5.83. The summed E-state index contributed by atoms with van der Waals surface area (Å²) in [5, 5.41) is 43.3. The molecular formula is C39H39NO12. The van der Waals surface area contributed by atoms with Crippen molar-refractivity contribution < 1.29 is 58.6 Å². The van der Waals surface area contributed by atoms with Crippen LogP contribution in [0.3, 0.4) is 0 Å². The number of aliphatic hydroxyl groups excluding tert-OH is 2. The van der Waals surface area contributed by atoms with Gasteiger partial charge in [0.05, 0.1) is 24.0 Å². The van der Waals surface area contributed by atoms with Crippen molar-refractivity contribution in [3.05, 3.63) is 112 Å². The second-order valence-electron chi connectivity index (χ2n) is 13.7. The Hall–Kier alpha value is -5.08. The molecule has 52 heavy (non-hydrogen) atoms. The highest BCUT2D eigenvalue weighted by atomic mass is 16.6. The fourth-order valence-corrected chi connectivity index (χ4v) is 8.44. The van der Waals surface area contributed by atoms with Crippen LogP contribution in [0.2, 0.25) is 0 Å². The summed E-state index contributed by atoms with van der Waals surface area (Å²) in [6.07, 6.45) is -3.73. The van der Waals surface area contributed by atoms with Crippen LogP contribution in [0.4, 0.5) is 0 Å². The number of benzene rings is 3. The number of esters is 3. The standard InChI is InChI=1S/C39H39NO12/c1-40-18-8-16-38-30-24-13-14-25(21-41)31(30)50-34(38)27(15-17-39(38,48)28(40)19-24)49-29(43)20-26(42)36(46)52-33(23-11-6-3-7-12-23)37(47)51-32(35(44)45)22-9-4-2-5-10-22/h2-7,9-15,26,28,32-34,41-42,48H,8,16-21H2,1H3,(H,44,45)/t26-,28+,32-,33-,34-,38-,39+/m0/s1. The van der Waals surface area contributed by atoms with Crippen molar-refractivity contribution in [1.29, 1.82) is 0 Å². The molecule has 0 saturated carbocycles. The molecule has 2 heterocycles. The molecule has 0 unspecified atom stereocenters. The molecule has 2 aliphatic carbocycles. The smallest absolute Gasteiger partial charge is 0.353 e. The van der Waals surface area contributed by atoms with Crippen molar-refractivity contribution >= 4 is 23.9 Å². The Morgan fingerprint density at radius 2 is 1.60 bits per heavy atom. The van der Waals surface area contributed by atoms with Crippen LogP contribution >= 0.6 is 0 Å². The summed E-state index contributed by atoms with van der Waals surface area (Å²) in [7, 11) is 1.98. The molecule has 13 heteroatoms. The van der Waals surface area contributed by atoms with Crippen molar-refractivity contribution in [2.24, 2.45) is 0 Å². The van der Waals surface area contributed by atoms with Gasteiger partial charge < -0.3 is 44.3 Å². The van der Waals surface area contributed by atoms with Crippen molar-refractivity contribution in [2.45, 2.75) is 80.2 Å². The monoisotopic (exact) mass is 713 g/mol. The zero-order valence-electron chi connectivity index (χ0n) is 28.3. The molecule has 0 aromatic heterocycles. The second kappa shape index (κ2) is 13.8. The lowest BCUT2D eigenvalue weighted by atomic mass is 9.52. The van der Waals surface area contributed by atoms with E-state index in [1.165, 1.54) is 24.3 Å². The topological polar surface area (TPSA) is 189 Å². The van der Waals surface area contributed by atoms with Gasteiger partial charge in [-0.1, -0.05) is 72.8 Å². The maximum atomic E-state index is 13.4. The third-order valence-electron chi connectivity index (χ3n) is 10.8. The Morgan fingerprint density at radius 3 is 2.25 bits per heavy atom. The molecule has 7 rings (SSSR count). The van der Waals surface area contributed by atoms with Crippen molar-refractivity contribution in [3.8, 4) is 5.75 Å². The number of carboxylic acid groups (broad SMARTS) is 1. The molecule has 1 fully saturated rings. The number of rotatable bonds is 11. The number of likely N-dealkylation sites (tertiary alicyclic amines) is 1. The molecule has 1 spiro atoms. The molecule has 0 amide bonds. The van der Waals surface area contributed by atoms with Crippen molar-refractivity contribution in [2.75, 3.05) is 13.6 Å². The normalized spacial score (nSPS) is 26.0. The number of likely N-dealkylation sites (N-methyl/N-ethyl adjacent to an activating group) is 1. The Kier molecular flexibility index (Phi) is 9.38. The molecule has 3 aromatic rings. The SMILES string of the molecule is CN1CCC[C@]23c4c5ccc(CO)c4O[C@H]2C(OC(=O)C[C@H](O)C(=O)O[C@H](C(=O)O[C@H](C(=O)O)c2ccccc2)c2ccccc2)=CC[C@@]3(O)[C@H]1C5. The first-order valence-corrected chi connectivity index (χ1v) is 17.2. The van der Waals surface area contributed by atoms with Crippen LogP contribution < -0.4 is 4.74 Å². The van der Waals surface area contributed by atoms with Gasteiger partial charge in [-0.2, -0.15) is 0 Å². The fourth-order valence-electron chi connectivity index (χ4n) is 8.44. The number of carboxylic acids is 1. The molecule has 13 nitrogen and oxygen atoms in total. The van der Waals surface area contributed by atoms with E-state index >= 15 is 0 Å². The highest BCUT2D eigenvalue weighted by Crippen LogP contribution is 2.64. The number of nitrogens with zero attached hydrogens (tertiary/aromatic N) is 1. The minimum Gasteiger partial charge on any atom is -0.481 e. The predicted molar refractivity (Wildman–Crippen MR) is 180 cm³/mol. The fraction of sp³-hybridized carbons (Fsp3) is 0.385. The van der Waals surface area contributed by atoms with Gasteiger partial charge in [-0.05, 0) is 44.5 Å². The second-order valence-corrected chi connectivity index (χ2v) is 13.7. The maximum Gasteiger partial charge on any atom is 0.353 e. The van der Waals surface area contributed by atoms with Gasteiger partial charge in [0, 0.05) is 34.7 Å². The van der Waals surface area contributed by atoms with Gasteiger partial charge in [-0.25, -0.2) is 14.4 Å². The van der Waals surface area contributed by atoms with Gasteiger partial charge >= 0.3 is 23.9 Å². The quantitative estimate of drug-likeness (QED) is 0.168. The summed E-state index contributed by atoms with van der Waals surface area (Å²) >= 11 is 0. The van der Waals surface area contributed by atoms with Crippen LogP contribution in [0.25, 0.3) is 0 Å². The van der Waals surface area contributed by atoms with Crippen LogP contribution in [-0.2, 0) is 51.8 Å². The number of carbonyl (C=O) groups excluding carboxylic acids is 3. The Balaban J connectivity index is 1.09. The van der Waals surface area contributed by atoms with Gasteiger partial charge in [-0.15, -0.1) is 0 Å². The molecule has 2 bridgehead atoms. The van der Waals surface area contributed by atoms with Crippen molar-refractivity contribution in [1.82, 2.24) is 4.90 Å². The molecule has 0 radical (unpaired) electrons. The first kappa shape index (κ1) is 35.3. The van der Waals surface area contributed by atoms with E-state index in [1.54, 1.807) is 48.5 Å². The summed E-state index contributed by atoms with van der Waals surface area (Å²) < 4.78 is 22.9. The Bertz CT molecular complexity index is 1910. The zero-order chi connectivity index (χ0) is 36.8. The summed E-state index contributed by atoms with van der Waals surface area (Å²) in [5.41, 5.74) is 0.441. The molecule has 272 valence electrons. The third-order valence-corrected chi connectivity index (χ3v) is 10.8. The number of aliphatic carboxylic acids is 1. The van der Waals surface area contributed by atoms with E-state index < -0.39 is 65.7 Å². The maximum absolute atomic E-state index is 13.4. The number of aliphatic hydroxyl groups is 3. The van der Waals surface area contributed by atoms with E-state index in [-0.39, 0.29) is 36.0 Å². The number of hydrogen-bond acceptors (Lipinski definition) is 12. The van der Waals surface area contributed by atoms with E-state index in [0.717, 1.165) is 24.1 Å². The van der Waals surface area contributed by atoms with Gasteiger partial charge in [-0.3, -0.25) is 4.79 Å². The molecule has 3 aromatic carbocycles. The number of carbonyl (C=O) groups is 4. The highest BCUT2D eigenvalue weighted by molar-refractivity contribution is 5.87. The van der Waals surface area contributed by atoms with Crippen LogP contribution in [0.1, 0.15) is 65.7 Å². The van der Waals surface area contributed by atoms with Gasteiger partial charge in [0.25, 0.3) is 0 Å². The van der Waals surface area contributed by atoms with E-state index in [4.69, 9.17) is 18.9 Å². The van der Waals surface area contributed by atoms with Crippen molar-refractivity contribution in [3.63, 3.8) is 0 Å².